The number of rotatable bonds is 9. The predicted molar refractivity (Wildman–Crippen MR) is 115 cm³/mol. The highest BCUT2D eigenvalue weighted by Crippen LogP contribution is 2.25. The molecule has 0 bridgehead atoms. The first kappa shape index (κ1) is 25.0. The Morgan fingerprint density at radius 2 is 2.09 bits per heavy atom. The number of nitrogen functional groups attached to an aromatic ring is 1. The summed E-state index contributed by atoms with van der Waals surface area (Å²) in [6, 6.07) is -2.65. The van der Waals surface area contributed by atoms with Crippen LogP contribution in [-0.2, 0) is 36.1 Å². The summed E-state index contributed by atoms with van der Waals surface area (Å²) in [6.45, 7) is 3.80. The summed E-state index contributed by atoms with van der Waals surface area (Å²) >= 11 is 0.965. The average molecular weight is 517 g/mol. The lowest BCUT2D eigenvalue weighted by Gasteiger charge is -2.43. The molecule has 0 aromatic carbocycles. The molecule has 0 radical (unpaired) electrons. The van der Waals surface area contributed by atoms with Crippen LogP contribution in [0.1, 0.15) is 25.2 Å². The average Bonchev–Trinajstić information content (AvgIpc) is 3.32. The summed E-state index contributed by atoms with van der Waals surface area (Å²) in [7, 11) is -4.93. The Labute approximate surface area is 196 Å². The van der Waals surface area contributed by atoms with E-state index in [1.54, 1.807) is 6.92 Å². The molecular weight excluding hydrogens is 496 g/mol. The summed E-state index contributed by atoms with van der Waals surface area (Å²) in [5.74, 6) is -3.50. The van der Waals surface area contributed by atoms with Crippen molar-refractivity contribution in [3.8, 4) is 0 Å². The number of thiazole rings is 1. The highest BCUT2D eigenvalue weighted by Gasteiger charge is 2.54. The van der Waals surface area contributed by atoms with Crippen LogP contribution in [0.4, 0.5) is 5.13 Å². The Bertz CT molecular complexity index is 1270. The fraction of sp³-hybridized carbons (Fsp3) is 0.438. The maximum atomic E-state index is 13.0. The number of hydrogen-bond donors (Lipinski definition) is 4. The van der Waals surface area contributed by atoms with Gasteiger partial charge in [-0.25, -0.2) is 14.1 Å². The molecular formula is C16H20N8O8S2. The molecule has 1 fully saturated rings. The molecule has 1 aliphatic rings. The van der Waals surface area contributed by atoms with E-state index >= 15 is 0 Å². The molecule has 0 aliphatic carbocycles. The van der Waals surface area contributed by atoms with Crippen molar-refractivity contribution in [2.24, 2.45) is 5.16 Å². The number of oxime groups is 1. The summed E-state index contributed by atoms with van der Waals surface area (Å²) < 4.78 is 34.2. The maximum Gasteiger partial charge on any atom is 0.362 e. The molecule has 3 heterocycles. The van der Waals surface area contributed by atoms with Crippen molar-refractivity contribution in [3.63, 3.8) is 0 Å². The summed E-state index contributed by atoms with van der Waals surface area (Å²) in [6.07, 6.45) is 1.47. The van der Waals surface area contributed by atoms with Crippen LogP contribution in [0, 0.1) is 6.92 Å². The van der Waals surface area contributed by atoms with Gasteiger partial charge in [0.05, 0.1) is 18.3 Å². The van der Waals surface area contributed by atoms with Crippen LogP contribution in [0.15, 0.2) is 16.7 Å². The molecule has 5 N–H and O–H groups in total. The Morgan fingerprint density at radius 1 is 1.41 bits per heavy atom. The lowest BCUT2D eigenvalue weighted by molar-refractivity contribution is -0.161. The molecule has 18 heteroatoms. The molecule has 0 saturated carbocycles. The quantitative estimate of drug-likeness (QED) is 0.128. The van der Waals surface area contributed by atoms with E-state index in [-0.39, 0.29) is 21.7 Å². The predicted octanol–water partition coefficient (Wildman–Crippen LogP) is -1.59. The zero-order chi connectivity index (χ0) is 25.4. The molecule has 2 aromatic heterocycles. The minimum atomic E-state index is -4.93. The molecule has 2 atom stereocenters. The van der Waals surface area contributed by atoms with Gasteiger partial charge in [0.15, 0.2) is 10.8 Å². The number of carbonyl (C=O) groups is 3. The van der Waals surface area contributed by atoms with Gasteiger partial charge in [-0.05, 0) is 20.8 Å². The largest absolute Gasteiger partial charge is 0.478 e. The number of aromatic nitrogens is 4. The number of aliphatic carboxylic acids is 1. The van der Waals surface area contributed by atoms with Gasteiger partial charge in [0.25, 0.3) is 11.8 Å². The summed E-state index contributed by atoms with van der Waals surface area (Å²) in [5, 5.41) is 24.1. The third kappa shape index (κ3) is 5.13. The van der Waals surface area contributed by atoms with Gasteiger partial charge in [-0.2, -0.15) is 8.42 Å². The van der Waals surface area contributed by atoms with Crippen LogP contribution in [-0.4, -0.2) is 83.5 Å². The van der Waals surface area contributed by atoms with Crippen LogP contribution >= 0.6 is 11.3 Å². The monoisotopic (exact) mass is 516 g/mol. The number of nitrogens with two attached hydrogens (primary N) is 1. The number of aryl methyl sites for hydroxylation is 1. The molecule has 1 saturated heterocycles. The second kappa shape index (κ2) is 8.95. The molecule has 184 valence electrons. The van der Waals surface area contributed by atoms with E-state index in [4.69, 9.17) is 10.6 Å². The number of carboxylic acid groups (broad SMARTS) is 1. The van der Waals surface area contributed by atoms with E-state index in [1.165, 1.54) is 30.1 Å². The lowest BCUT2D eigenvalue weighted by atomic mass is 9.98. The Hall–Kier alpha value is -3.64. The van der Waals surface area contributed by atoms with E-state index in [2.05, 4.69) is 25.8 Å². The summed E-state index contributed by atoms with van der Waals surface area (Å²) in [5.41, 5.74) is 3.73. The standard InChI is InChI=1S/C16H20N8O8S2/c1-7-4-23(22-20-7)5-9-11(13(26)24(9)34(29,30)31)19-12(25)10(8-6-33-15(17)18-8)21-32-16(2,3)14(27)28/h4,6,9,11H,5H2,1-3H3,(H2,17,18)(H,19,25)(H,27,28)(H,29,30,31)/b21-10-/t9-,11+/m1/s1. The topological polar surface area (TPSA) is 232 Å². The number of hydrogen-bond acceptors (Lipinski definition) is 12. The molecule has 34 heavy (non-hydrogen) atoms. The molecule has 0 unspecified atom stereocenters. The van der Waals surface area contributed by atoms with Crippen LogP contribution in [0.2, 0.25) is 0 Å². The van der Waals surface area contributed by atoms with Gasteiger partial charge in [0.2, 0.25) is 5.60 Å². The Kier molecular flexibility index (Phi) is 6.58. The minimum Gasteiger partial charge on any atom is -0.478 e. The number of nitrogens with one attached hydrogen (secondary N) is 1. The number of β-lactam (4-membered cyclic amide) rings is 1. The van der Waals surface area contributed by atoms with E-state index in [1.807, 2.05) is 0 Å². The van der Waals surface area contributed by atoms with Crippen molar-refractivity contribution in [2.45, 2.75) is 45.0 Å². The SMILES string of the molecule is Cc1cn(C[C@@H]2[C@H](NC(=O)/C(=N\OC(C)(C)C(=O)O)c3csc(N)n3)C(=O)N2S(=O)(=O)O)nn1. The van der Waals surface area contributed by atoms with Gasteiger partial charge in [0, 0.05) is 11.6 Å². The second-order valence-corrected chi connectivity index (χ2v) is 9.81. The van der Waals surface area contributed by atoms with E-state index in [0.29, 0.717) is 5.69 Å². The zero-order valence-electron chi connectivity index (χ0n) is 17.9. The van der Waals surface area contributed by atoms with Gasteiger partial charge in [-0.1, -0.05) is 10.4 Å². The third-order valence-electron chi connectivity index (χ3n) is 4.59. The van der Waals surface area contributed by atoms with Gasteiger partial charge < -0.3 is 21.0 Å². The number of carbonyl (C=O) groups excluding carboxylic acids is 2. The van der Waals surface area contributed by atoms with Crippen molar-refractivity contribution >= 4 is 50.3 Å². The summed E-state index contributed by atoms with van der Waals surface area (Å²) in [4.78, 5) is 45.7. The van der Waals surface area contributed by atoms with Crippen molar-refractivity contribution in [1.29, 1.82) is 0 Å². The van der Waals surface area contributed by atoms with Gasteiger partial charge in [-0.15, -0.1) is 16.4 Å². The van der Waals surface area contributed by atoms with Gasteiger partial charge in [0.1, 0.15) is 11.7 Å². The highest BCUT2D eigenvalue weighted by molar-refractivity contribution is 7.84. The van der Waals surface area contributed by atoms with Crippen LogP contribution < -0.4 is 11.1 Å². The number of carboxylic acids is 1. The smallest absolute Gasteiger partial charge is 0.362 e. The normalized spacial score (nSPS) is 19.0. The first-order valence-electron chi connectivity index (χ1n) is 9.40. The van der Waals surface area contributed by atoms with Crippen LogP contribution in [0.5, 0.6) is 0 Å². The van der Waals surface area contributed by atoms with Crippen LogP contribution in [0.3, 0.4) is 0 Å². The molecule has 2 amide bonds. The van der Waals surface area contributed by atoms with Crippen molar-refractivity contribution < 1.29 is 37.3 Å². The maximum absolute atomic E-state index is 13.0. The lowest BCUT2D eigenvalue weighted by Crippen LogP contribution is -2.73. The number of nitrogens with zero attached hydrogens (tertiary/aromatic N) is 6. The molecule has 0 spiro atoms. The van der Waals surface area contributed by atoms with E-state index in [9.17, 15) is 32.5 Å². The minimum absolute atomic E-state index is 0.0666. The fourth-order valence-electron chi connectivity index (χ4n) is 2.83. The fourth-order valence-corrected chi connectivity index (χ4v) is 4.25. The number of amides is 2. The first-order valence-corrected chi connectivity index (χ1v) is 11.7. The van der Waals surface area contributed by atoms with Crippen molar-refractivity contribution in [3.05, 3.63) is 23.0 Å². The van der Waals surface area contributed by atoms with E-state index in [0.717, 1.165) is 11.3 Å². The molecule has 1 aliphatic heterocycles. The molecule has 3 rings (SSSR count). The first-order chi connectivity index (χ1) is 15.7. The third-order valence-corrected chi connectivity index (χ3v) is 6.21. The Balaban J connectivity index is 1.89. The van der Waals surface area contributed by atoms with Gasteiger partial charge in [-0.3, -0.25) is 18.8 Å². The Morgan fingerprint density at radius 3 is 2.59 bits per heavy atom. The van der Waals surface area contributed by atoms with E-state index < -0.39 is 51.5 Å². The second-order valence-electron chi connectivity index (χ2n) is 7.63. The highest BCUT2D eigenvalue weighted by atomic mass is 32.2. The van der Waals surface area contributed by atoms with Gasteiger partial charge >= 0.3 is 16.3 Å². The molecule has 2 aromatic rings. The number of anilines is 1. The van der Waals surface area contributed by atoms with Crippen molar-refractivity contribution in [2.75, 3.05) is 5.73 Å². The van der Waals surface area contributed by atoms with Crippen LogP contribution in [0.25, 0.3) is 0 Å². The van der Waals surface area contributed by atoms with Crippen molar-refractivity contribution in [1.82, 2.24) is 29.6 Å². The molecule has 16 nitrogen and oxygen atoms in total. The zero-order valence-corrected chi connectivity index (χ0v) is 19.6.